The molecule has 2 atom stereocenters. The van der Waals surface area contributed by atoms with Crippen LogP contribution in [-0.2, 0) is 14.3 Å². The van der Waals surface area contributed by atoms with Crippen molar-refractivity contribution in [1.29, 1.82) is 0 Å². The van der Waals surface area contributed by atoms with E-state index >= 15 is 0 Å². The normalized spacial score (nSPS) is 12.4. The molecule has 0 radical (unpaired) electrons. The predicted molar refractivity (Wildman–Crippen MR) is 102 cm³/mol. The van der Waals surface area contributed by atoms with Gasteiger partial charge < -0.3 is 25.3 Å². The van der Waals surface area contributed by atoms with Gasteiger partial charge in [0, 0.05) is 11.3 Å². The topological polar surface area (TPSA) is 117 Å². The molecule has 0 fully saturated rings. The van der Waals surface area contributed by atoms with Gasteiger partial charge in [-0.1, -0.05) is 0 Å². The van der Waals surface area contributed by atoms with Crippen LogP contribution in [0.25, 0.3) is 0 Å². The van der Waals surface area contributed by atoms with Gasteiger partial charge in [0.15, 0.2) is 12.2 Å². The number of primary amides is 1. The van der Waals surface area contributed by atoms with Crippen LogP contribution in [-0.4, -0.2) is 37.1 Å². The van der Waals surface area contributed by atoms with Gasteiger partial charge in [0.05, 0.1) is 7.11 Å². The molecule has 28 heavy (non-hydrogen) atoms. The number of nitrogens with two attached hydrogens (primary N) is 1. The molecular weight excluding hydrogens is 364 g/mol. The van der Waals surface area contributed by atoms with Crippen LogP contribution >= 0.6 is 0 Å². The lowest BCUT2D eigenvalue weighted by atomic mass is 10.2. The van der Waals surface area contributed by atoms with E-state index in [1.807, 2.05) is 0 Å². The Kier molecular flexibility index (Phi) is 6.97. The molecule has 0 aliphatic carbocycles. The van der Waals surface area contributed by atoms with Gasteiger partial charge in [-0.2, -0.15) is 0 Å². The van der Waals surface area contributed by atoms with E-state index in [2.05, 4.69) is 5.32 Å². The minimum Gasteiger partial charge on any atom is -0.497 e. The molecule has 8 nitrogen and oxygen atoms in total. The first-order valence-corrected chi connectivity index (χ1v) is 8.52. The molecule has 2 aromatic carbocycles. The Morgan fingerprint density at radius 1 is 0.893 bits per heavy atom. The first-order valence-electron chi connectivity index (χ1n) is 8.52. The van der Waals surface area contributed by atoms with Crippen molar-refractivity contribution in [3.63, 3.8) is 0 Å². The van der Waals surface area contributed by atoms with Gasteiger partial charge in [0.25, 0.3) is 5.91 Å². The van der Waals surface area contributed by atoms with Crippen molar-refractivity contribution >= 4 is 23.5 Å². The van der Waals surface area contributed by atoms with Crippen LogP contribution in [0.3, 0.4) is 0 Å². The summed E-state index contributed by atoms with van der Waals surface area (Å²) in [6.07, 6.45) is -1.94. The second kappa shape index (κ2) is 9.40. The van der Waals surface area contributed by atoms with Gasteiger partial charge in [-0.3, -0.25) is 9.59 Å². The molecule has 0 aromatic heterocycles. The zero-order valence-electron chi connectivity index (χ0n) is 15.8. The lowest BCUT2D eigenvalue weighted by Gasteiger charge is -2.18. The third kappa shape index (κ3) is 5.73. The summed E-state index contributed by atoms with van der Waals surface area (Å²) in [6.45, 7) is 2.98. The van der Waals surface area contributed by atoms with Gasteiger partial charge in [-0.05, 0) is 62.4 Å². The number of ether oxygens (including phenoxy) is 3. The maximum absolute atomic E-state index is 12.2. The molecule has 0 bridgehead atoms. The van der Waals surface area contributed by atoms with Crippen molar-refractivity contribution in [3.8, 4) is 11.5 Å². The lowest BCUT2D eigenvalue weighted by molar-refractivity contribution is -0.159. The molecule has 3 N–H and O–H groups in total. The predicted octanol–water partition coefficient (Wildman–Crippen LogP) is 2.13. The van der Waals surface area contributed by atoms with E-state index in [0.717, 1.165) is 0 Å². The molecule has 0 heterocycles. The van der Waals surface area contributed by atoms with E-state index in [1.165, 1.54) is 38.1 Å². The number of hydrogen-bond donors (Lipinski definition) is 2. The van der Waals surface area contributed by atoms with Gasteiger partial charge in [0.1, 0.15) is 11.5 Å². The number of amides is 2. The second-order valence-electron chi connectivity index (χ2n) is 5.95. The summed E-state index contributed by atoms with van der Waals surface area (Å²) in [5.74, 6) is -0.626. The van der Waals surface area contributed by atoms with Crippen molar-refractivity contribution in [2.75, 3.05) is 12.4 Å². The monoisotopic (exact) mass is 386 g/mol. The van der Waals surface area contributed by atoms with Crippen LogP contribution in [0.4, 0.5) is 5.69 Å². The third-order valence-corrected chi connectivity index (χ3v) is 3.80. The number of anilines is 1. The highest BCUT2D eigenvalue weighted by atomic mass is 16.6. The number of carbonyl (C=O) groups excluding carboxylic acids is 3. The van der Waals surface area contributed by atoms with E-state index in [9.17, 15) is 14.4 Å². The van der Waals surface area contributed by atoms with Gasteiger partial charge in [0.2, 0.25) is 5.91 Å². The third-order valence-electron chi connectivity index (χ3n) is 3.80. The highest BCUT2D eigenvalue weighted by Gasteiger charge is 2.23. The number of benzene rings is 2. The molecule has 0 aliphatic rings. The maximum Gasteiger partial charge on any atom is 0.347 e. The van der Waals surface area contributed by atoms with Crippen LogP contribution in [0.2, 0.25) is 0 Å². The Bertz CT molecular complexity index is 833. The summed E-state index contributed by atoms with van der Waals surface area (Å²) in [4.78, 5) is 35.4. The largest absolute Gasteiger partial charge is 0.497 e. The Morgan fingerprint density at radius 3 is 2.00 bits per heavy atom. The molecule has 0 saturated heterocycles. The molecule has 0 unspecified atom stereocenters. The Morgan fingerprint density at radius 2 is 1.46 bits per heavy atom. The zero-order chi connectivity index (χ0) is 20.7. The Labute approximate surface area is 162 Å². The average Bonchev–Trinajstić information content (AvgIpc) is 2.68. The molecular formula is C20H22N2O6. The smallest absolute Gasteiger partial charge is 0.347 e. The van der Waals surface area contributed by atoms with Crippen molar-refractivity contribution in [3.05, 3.63) is 54.1 Å². The van der Waals surface area contributed by atoms with Crippen LogP contribution in [0, 0.1) is 0 Å². The highest BCUT2D eigenvalue weighted by molar-refractivity contribution is 5.96. The van der Waals surface area contributed by atoms with Crippen LogP contribution in [0.5, 0.6) is 11.5 Å². The fourth-order valence-corrected chi connectivity index (χ4v) is 2.19. The fourth-order valence-electron chi connectivity index (χ4n) is 2.19. The second-order valence-corrected chi connectivity index (χ2v) is 5.95. The molecule has 2 rings (SSSR count). The van der Waals surface area contributed by atoms with Crippen LogP contribution in [0.1, 0.15) is 24.2 Å². The van der Waals surface area contributed by atoms with E-state index in [4.69, 9.17) is 19.9 Å². The maximum atomic E-state index is 12.2. The lowest BCUT2D eigenvalue weighted by Crippen LogP contribution is -2.35. The van der Waals surface area contributed by atoms with Crippen molar-refractivity contribution in [1.82, 2.24) is 0 Å². The van der Waals surface area contributed by atoms with Crippen molar-refractivity contribution in [2.24, 2.45) is 5.73 Å². The molecule has 148 valence electrons. The fraction of sp³-hybridized carbons (Fsp3) is 0.250. The Hall–Kier alpha value is -3.55. The first-order chi connectivity index (χ1) is 13.3. The summed E-state index contributed by atoms with van der Waals surface area (Å²) in [7, 11) is 1.55. The van der Waals surface area contributed by atoms with Gasteiger partial charge in [-0.15, -0.1) is 0 Å². The standard InChI is InChI=1S/C20H22N2O6/c1-12(19(24)22-15-6-4-14(5-7-15)18(21)23)28-20(25)13(2)27-17-10-8-16(26-3)9-11-17/h4-13H,1-3H3,(H2,21,23)(H,22,24)/t12-,13-/m0/s1. The molecule has 0 aliphatic heterocycles. The molecule has 2 amide bonds. The summed E-state index contributed by atoms with van der Waals surface area (Å²) in [5, 5.41) is 2.59. The van der Waals surface area contributed by atoms with Gasteiger partial charge >= 0.3 is 5.97 Å². The molecule has 0 spiro atoms. The molecule has 2 aromatic rings. The van der Waals surface area contributed by atoms with E-state index in [1.54, 1.807) is 31.4 Å². The summed E-state index contributed by atoms with van der Waals surface area (Å²) < 4.78 is 15.7. The number of hydrogen-bond acceptors (Lipinski definition) is 6. The molecule has 8 heteroatoms. The number of esters is 1. The van der Waals surface area contributed by atoms with E-state index in [0.29, 0.717) is 22.7 Å². The Balaban J connectivity index is 1.87. The van der Waals surface area contributed by atoms with E-state index < -0.39 is 30.0 Å². The summed E-state index contributed by atoms with van der Waals surface area (Å²) in [5.41, 5.74) is 5.93. The first kappa shape index (κ1) is 20.8. The number of methoxy groups -OCH3 is 1. The molecule has 0 saturated carbocycles. The number of rotatable bonds is 8. The minimum absolute atomic E-state index is 0.321. The minimum atomic E-state index is -1.04. The summed E-state index contributed by atoms with van der Waals surface area (Å²) >= 11 is 0. The zero-order valence-corrected chi connectivity index (χ0v) is 15.8. The van der Waals surface area contributed by atoms with E-state index in [-0.39, 0.29) is 0 Å². The van der Waals surface area contributed by atoms with Crippen LogP contribution < -0.4 is 20.5 Å². The highest BCUT2D eigenvalue weighted by Crippen LogP contribution is 2.18. The quantitative estimate of drug-likeness (QED) is 0.671. The number of nitrogens with one attached hydrogen (secondary N) is 1. The SMILES string of the molecule is COc1ccc(O[C@@H](C)C(=O)O[C@@H](C)C(=O)Nc2ccc(C(N)=O)cc2)cc1. The summed E-state index contributed by atoms with van der Waals surface area (Å²) in [6, 6.07) is 12.8. The van der Waals surface area contributed by atoms with Gasteiger partial charge in [-0.25, -0.2) is 4.79 Å². The van der Waals surface area contributed by atoms with Crippen molar-refractivity contribution in [2.45, 2.75) is 26.1 Å². The average molecular weight is 386 g/mol. The van der Waals surface area contributed by atoms with Crippen molar-refractivity contribution < 1.29 is 28.6 Å². The van der Waals surface area contributed by atoms with Crippen LogP contribution in [0.15, 0.2) is 48.5 Å². The number of carbonyl (C=O) groups is 3.